The minimum Gasteiger partial charge on any atom is -0.496 e. The third-order valence-corrected chi connectivity index (χ3v) is 2.96. The van der Waals surface area contributed by atoms with Crippen LogP contribution >= 0.6 is 28.3 Å². The Morgan fingerprint density at radius 2 is 1.81 bits per heavy atom. The molecule has 2 N–H and O–H groups in total. The van der Waals surface area contributed by atoms with Gasteiger partial charge in [-0.3, -0.25) is 0 Å². The summed E-state index contributed by atoms with van der Waals surface area (Å²) >= 11 is 3.41. The average Bonchev–Trinajstić information content (AvgIpc) is 2.27. The first-order valence-corrected chi connectivity index (χ1v) is 5.60. The standard InChI is InChI=1S/C11H16BrNO2.ClH/c1-4-9(13)7-5-11(15-3)8(12)6-10(7)14-2;/h5-6,9H,4,13H2,1-3H3;1H/t9-;/m1./s1. The maximum absolute atomic E-state index is 5.99. The number of nitrogens with two attached hydrogens (primary N) is 1. The highest BCUT2D eigenvalue weighted by Crippen LogP contribution is 2.35. The Morgan fingerprint density at radius 3 is 2.25 bits per heavy atom. The van der Waals surface area contributed by atoms with Crippen LogP contribution in [0, 0.1) is 0 Å². The van der Waals surface area contributed by atoms with E-state index in [0.717, 1.165) is 28.0 Å². The molecule has 0 spiro atoms. The molecule has 1 atom stereocenters. The highest BCUT2D eigenvalue weighted by Gasteiger charge is 2.14. The molecule has 0 aliphatic rings. The number of rotatable bonds is 4. The largest absolute Gasteiger partial charge is 0.496 e. The SMILES string of the molecule is CC[C@@H](N)c1cc(OC)c(Br)cc1OC.Cl. The average molecular weight is 311 g/mol. The molecule has 0 amide bonds. The van der Waals surface area contributed by atoms with Crippen LogP contribution in [0.1, 0.15) is 24.9 Å². The van der Waals surface area contributed by atoms with Crippen molar-refractivity contribution < 1.29 is 9.47 Å². The fraction of sp³-hybridized carbons (Fsp3) is 0.455. The molecular weight excluding hydrogens is 293 g/mol. The van der Waals surface area contributed by atoms with Crippen molar-refractivity contribution >= 4 is 28.3 Å². The number of hydrogen-bond donors (Lipinski definition) is 1. The van der Waals surface area contributed by atoms with Crippen molar-refractivity contribution in [1.82, 2.24) is 0 Å². The van der Waals surface area contributed by atoms with Crippen molar-refractivity contribution in [2.75, 3.05) is 14.2 Å². The first-order chi connectivity index (χ1) is 7.13. The Hall–Kier alpha value is -0.450. The zero-order chi connectivity index (χ0) is 11.4. The van der Waals surface area contributed by atoms with Gasteiger partial charge in [0.05, 0.1) is 18.7 Å². The van der Waals surface area contributed by atoms with E-state index < -0.39 is 0 Å². The lowest BCUT2D eigenvalue weighted by atomic mass is 10.0. The van der Waals surface area contributed by atoms with Gasteiger partial charge in [-0.2, -0.15) is 0 Å². The molecule has 0 radical (unpaired) electrons. The number of hydrogen-bond acceptors (Lipinski definition) is 3. The fourth-order valence-electron chi connectivity index (χ4n) is 1.39. The van der Waals surface area contributed by atoms with Gasteiger partial charge in [0.1, 0.15) is 11.5 Å². The smallest absolute Gasteiger partial charge is 0.133 e. The minimum atomic E-state index is -0.0260. The summed E-state index contributed by atoms with van der Waals surface area (Å²) in [5, 5.41) is 0. The van der Waals surface area contributed by atoms with E-state index in [-0.39, 0.29) is 18.4 Å². The van der Waals surface area contributed by atoms with Crippen molar-refractivity contribution in [3.8, 4) is 11.5 Å². The van der Waals surface area contributed by atoms with E-state index in [9.17, 15) is 0 Å². The Balaban J connectivity index is 0.00000225. The zero-order valence-electron chi connectivity index (χ0n) is 9.62. The van der Waals surface area contributed by atoms with Crippen LogP contribution in [0.3, 0.4) is 0 Å². The molecule has 0 saturated heterocycles. The van der Waals surface area contributed by atoms with Gasteiger partial charge in [-0.1, -0.05) is 6.92 Å². The van der Waals surface area contributed by atoms with Gasteiger partial charge in [0, 0.05) is 11.6 Å². The van der Waals surface area contributed by atoms with Crippen molar-refractivity contribution in [1.29, 1.82) is 0 Å². The second kappa shape index (κ2) is 6.99. The van der Waals surface area contributed by atoms with Crippen molar-refractivity contribution in [2.45, 2.75) is 19.4 Å². The Kier molecular flexibility index (Phi) is 6.79. The molecule has 0 aromatic heterocycles. The van der Waals surface area contributed by atoms with Crippen LogP contribution in [-0.4, -0.2) is 14.2 Å². The maximum Gasteiger partial charge on any atom is 0.133 e. The lowest BCUT2D eigenvalue weighted by molar-refractivity contribution is 0.392. The highest BCUT2D eigenvalue weighted by molar-refractivity contribution is 9.10. The summed E-state index contributed by atoms with van der Waals surface area (Å²) in [6, 6.07) is 3.77. The van der Waals surface area contributed by atoms with Crippen LogP contribution in [0.2, 0.25) is 0 Å². The molecule has 5 heteroatoms. The van der Waals surface area contributed by atoms with Crippen LogP contribution in [-0.2, 0) is 0 Å². The summed E-state index contributed by atoms with van der Waals surface area (Å²) in [6.45, 7) is 2.04. The zero-order valence-corrected chi connectivity index (χ0v) is 12.0. The van der Waals surface area contributed by atoms with E-state index in [1.54, 1.807) is 14.2 Å². The fourth-order valence-corrected chi connectivity index (χ4v) is 1.88. The van der Waals surface area contributed by atoms with Crippen molar-refractivity contribution in [3.05, 3.63) is 22.2 Å². The molecule has 0 saturated carbocycles. The summed E-state index contributed by atoms with van der Waals surface area (Å²) in [6.07, 6.45) is 0.862. The second-order valence-corrected chi connectivity index (χ2v) is 4.10. The van der Waals surface area contributed by atoms with Crippen LogP contribution < -0.4 is 15.2 Å². The number of benzene rings is 1. The molecule has 0 aliphatic carbocycles. The monoisotopic (exact) mass is 309 g/mol. The third-order valence-electron chi connectivity index (χ3n) is 2.34. The number of ether oxygens (including phenoxy) is 2. The maximum atomic E-state index is 5.99. The Bertz CT molecular complexity index is 347. The van der Waals surface area contributed by atoms with Gasteiger partial charge in [-0.05, 0) is 34.5 Å². The third kappa shape index (κ3) is 3.27. The summed E-state index contributed by atoms with van der Waals surface area (Å²) in [5.74, 6) is 1.56. The number of methoxy groups -OCH3 is 2. The summed E-state index contributed by atoms with van der Waals surface area (Å²) < 4.78 is 11.4. The molecule has 3 nitrogen and oxygen atoms in total. The van der Waals surface area contributed by atoms with Crippen LogP contribution in [0.15, 0.2) is 16.6 Å². The molecule has 0 unspecified atom stereocenters. The summed E-state index contributed by atoms with van der Waals surface area (Å²) in [5.41, 5.74) is 6.97. The van der Waals surface area contributed by atoms with E-state index in [1.165, 1.54) is 0 Å². The second-order valence-electron chi connectivity index (χ2n) is 3.24. The topological polar surface area (TPSA) is 44.5 Å². The predicted molar refractivity (Wildman–Crippen MR) is 71.7 cm³/mol. The van der Waals surface area contributed by atoms with Crippen LogP contribution in [0.25, 0.3) is 0 Å². The lowest BCUT2D eigenvalue weighted by Gasteiger charge is -2.16. The molecule has 0 fully saturated rings. The van der Waals surface area contributed by atoms with E-state index in [2.05, 4.69) is 15.9 Å². The highest BCUT2D eigenvalue weighted by atomic mass is 79.9. The summed E-state index contributed by atoms with van der Waals surface area (Å²) in [7, 11) is 3.27. The molecule has 1 rings (SSSR count). The first kappa shape index (κ1) is 15.5. The minimum absolute atomic E-state index is 0. The first-order valence-electron chi connectivity index (χ1n) is 4.81. The molecule has 0 aliphatic heterocycles. The van der Waals surface area contributed by atoms with Gasteiger partial charge >= 0.3 is 0 Å². The molecule has 1 aromatic carbocycles. The van der Waals surface area contributed by atoms with Gasteiger partial charge in [0.2, 0.25) is 0 Å². The van der Waals surface area contributed by atoms with Crippen LogP contribution in [0.4, 0.5) is 0 Å². The molecule has 16 heavy (non-hydrogen) atoms. The van der Waals surface area contributed by atoms with E-state index in [1.807, 2.05) is 19.1 Å². The van der Waals surface area contributed by atoms with E-state index in [4.69, 9.17) is 15.2 Å². The van der Waals surface area contributed by atoms with Gasteiger partial charge in [0.15, 0.2) is 0 Å². The predicted octanol–water partition coefficient (Wildman–Crippen LogP) is 3.30. The molecule has 92 valence electrons. The number of halogens is 2. The quantitative estimate of drug-likeness (QED) is 0.928. The Labute approximate surface area is 111 Å². The van der Waals surface area contributed by atoms with Crippen molar-refractivity contribution in [2.24, 2.45) is 5.73 Å². The van der Waals surface area contributed by atoms with E-state index in [0.29, 0.717) is 0 Å². The lowest BCUT2D eigenvalue weighted by Crippen LogP contribution is -2.10. The van der Waals surface area contributed by atoms with Gasteiger partial charge in [0.25, 0.3) is 0 Å². The van der Waals surface area contributed by atoms with Crippen molar-refractivity contribution in [3.63, 3.8) is 0 Å². The van der Waals surface area contributed by atoms with Gasteiger partial charge in [-0.15, -0.1) is 12.4 Å². The normalized spacial score (nSPS) is 11.6. The van der Waals surface area contributed by atoms with E-state index >= 15 is 0 Å². The summed E-state index contributed by atoms with van der Waals surface area (Å²) in [4.78, 5) is 0. The van der Waals surface area contributed by atoms with Crippen LogP contribution in [0.5, 0.6) is 11.5 Å². The van der Waals surface area contributed by atoms with Gasteiger partial charge < -0.3 is 15.2 Å². The molecular formula is C11H17BrClNO2. The molecule has 0 bridgehead atoms. The molecule has 1 aromatic rings. The molecule has 0 heterocycles. The Morgan fingerprint density at radius 1 is 1.25 bits per heavy atom. The van der Waals surface area contributed by atoms with Gasteiger partial charge in [-0.25, -0.2) is 0 Å².